The molecule has 0 aliphatic rings. The van der Waals surface area contributed by atoms with Crippen molar-refractivity contribution in [3.63, 3.8) is 0 Å². The van der Waals surface area contributed by atoms with E-state index < -0.39 is 0 Å². The summed E-state index contributed by atoms with van der Waals surface area (Å²) in [4.78, 5) is 3.85. The first-order chi connectivity index (χ1) is 5.56. The van der Waals surface area contributed by atoms with E-state index in [1.165, 1.54) is 0 Å². The molecule has 0 aromatic carbocycles. The second-order valence-corrected chi connectivity index (χ2v) is 2.42. The second-order valence-electron chi connectivity index (χ2n) is 2.42. The van der Waals surface area contributed by atoms with E-state index in [0.717, 1.165) is 12.8 Å². The summed E-state index contributed by atoms with van der Waals surface area (Å²) in [5.74, 6) is -0.124. The molecule has 0 saturated heterocycles. The smallest absolute Gasteiger partial charge is 0.188 e. The van der Waals surface area contributed by atoms with Gasteiger partial charge < -0.3 is 22.5 Å². The molecule has 0 aromatic heterocycles. The van der Waals surface area contributed by atoms with Crippen LogP contribution in [-0.2, 0) is 0 Å². The molecule has 0 bridgehead atoms. The maximum atomic E-state index is 6.96. The molecule has 0 radical (unpaired) electrons. The van der Waals surface area contributed by atoms with Gasteiger partial charge in [-0.05, 0) is 6.42 Å². The largest absolute Gasteiger partial charge is 0.370 e. The molecule has 0 heterocycles. The molecule has 0 spiro atoms. The van der Waals surface area contributed by atoms with Crippen molar-refractivity contribution in [2.24, 2.45) is 22.2 Å². The third-order valence-electron chi connectivity index (χ3n) is 1.19. The van der Waals surface area contributed by atoms with E-state index in [9.17, 15) is 0 Å². The number of rotatable bonds is 4. The van der Waals surface area contributed by atoms with Crippen molar-refractivity contribution in [1.29, 1.82) is 5.41 Å². The minimum absolute atomic E-state index is 0. The van der Waals surface area contributed by atoms with Crippen LogP contribution in [0.4, 0.5) is 0 Å². The van der Waals surface area contributed by atoms with Crippen LogP contribution in [0.25, 0.3) is 0 Å². The Balaban J connectivity index is 0. The van der Waals surface area contributed by atoms with Crippen LogP contribution in [0.5, 0.6) is 0 Å². The number of nitrogens with zero attached hydrogens (tertiary/aromatic N) is 1. The van der Waals surface area contributed by atoms with Gasteiger partial charge in [0.1, 0.15) is 6.17 Å². The summed E-state index contributed by atoms with van der Waals surface area (Å²) in [6.45, 7) is 2.00. The molecule has 1 unspecified atom stereocenters. The molecule has 0 aliphatic carbocycles. The Morgan fingerprint density at radius 1 is 1.46 bits per heavy atom. The lowest BCUT2D eigenvalue weighted by molar-refractivity contribution is 0.570. The maximum absolute atomic E-state index is 6.96. The lowest BCUT2D eigenvalue weighted by atomic mass is 10.3. The zero-order chi connectivity index (χ0) is 9.56. The van der Waals surface area contributed by atoms with Gasteiger partial charge >= 0.3 is 0 Å². The van der Waals surface area contributed by atoms with Crippen LogP contribution < -0.4 is 22.5 Å². The van der Waals surface area contributed by atoms with E-state index in [1.807, 2.05) is 6.92 Å². The minimum Gasteiger partial charge on any atom is -0.370 e. The number of halogens is 1. The fourth-order valence-corrected chi connectivity index (χ4v) is 0.802. The summed E-state index contributed by atoms with van der Waals surface area (Å²) in [5, 5.41) is 9.59. The third kappa shape index (κ3) is 8.74. The summed E-state index contributed by atoms with van der Waals surface area (Å²) in [6, 6.07) is 0. The molecular formula is C6H17ClN6. The van der Waals surface area contributed by atoms with E-state index in [4.69, 9.17) is 22.6 Å². The monoisotopic (exact) mass is 208 g/mol. The summed E-state index contributed by atoms with van der Waals surface area (Å²) in [6.07, 6.45) is 1.39. The average Bonchev–Trinajstić information content (AvgIpc) is 1.84. The summed E-state index contributed by atoms with van der Waals surface area (Å²) < 4.78 is 0. The molecule has 0 amide bonds. The van der Waals surface area contributed by atoms with Gasteiger partial charge in [-0.1, -0.05) is 13.3 Å². The highest BCUT2D eigenvalue weighted by atomic mass is 35.5. The van der Waals surface area contributed by atoms with Crippen LogP contribution in [-0.4, -0.2) is 18.1 Å². The van der Waals surface area contributed by atoms with Crippen LogP contribution in [0.1, 0.15) is 19.8 Å². The van der Waals surface area contributed by atoms with E-state index in [1.54, 1.807) is 0 Å². The van der Waals surface area contributed by atoms with Crippen LogP contribution in [0.3, 0.4) is 0 Å². The standard InChI is InChI=1S/C6H16N6.ClH/c1-2-3-4(11-5(7)8)12-6(9)10;/h4H,2-3H2,1H3,(H4,7,8,11)(H4,9,10,12);1H. The zero-order valence-electron chi connectivity index (χ0n) is 7.58. The van der Waals surface area contributed by atoms with Crippen molar-refractivity contribution in [1.82, 2.24) is 5.32 Å². The molecule has 78 valence electrons. The van der Waals surface area contributed by atoms with Gasteiger partial charge in [-0.25, -0.2) is 4.99 Å². The average molecular weight is 209 g/mol. The van der Waals surface area contributed by atoms with Gasteiger partial charge in [0.2, 0.25) is 0 Å². The highest BCUT2D eigenvalue weighted by molar-refractivity contribution is 5.85. The van der Waals surface area contributed by atoms with Crippen molar-refractivity contribution in [3.8, 4) is 0 Å². The van der Waals surface area contributed by atoms with Crippen LogP contribution in [0, 0.1) is 5.41 Å². The number of hydrogen-bond acceptors (Lipinski definition) is 2. The van der Waals surface area contributed by atoms with Crippen molar-refractivity contribution in [2.75, 3.05) is 0 Å². The first kappa shape index (κ1) is 14.4. The summed E-state index contributed by atoms with van der Waals surface area (Å²) in [5.41, 5.74) is 15.5. The van der Waals surface area contributed by atoms with Crippen LogP contribution in [0.15, 0.2) is 4.99 Å². The first-order valence-corrected chi connectivity index (χ1v) is 3.75. The van der Waals surface area contributed by atoms with E-state index in [0.29, 0.717) is 0 Å². The summed E-state index contributed by atoms with van der Waals surface area (Å²) >= 11 is 0. The highest BCUT2D eigenvalue weighted by Gasteiger charge is 2.04. The Morgan fingerprint density at radius 3 is 2.31 bits per heavy atom. The predicted octanol–water partition coefficient (Wildman–Crippen LogP) is -0.709. The molecule has 13 heavy (non-hydrogen) atoms. The van der Waals surface area contributed by atoms with Crippen molar-refractivity contribution in [2.45, 2.75) is 25.9 Å². The number of nitrogens with two attached hydrogens (primary N) is 3. The van der Waals surface area contributed by atoms with Crippen LogP contribution >= 0.6 is 12.4 Å². The first-order valence-electron chi connectivity index (χ1n) is 3.75. The second kappa shape index (κ2) is 7.48. The number of nitrogens with one attached hydrogen (secondary N) is 2. The molecule has 1 atom stereocenters. The minimum atomic E-state index is -0.280. The molecule has 0 saturated carbocycles. The van der Waals surface area contributed by atoms with E-state index in [-0.39, 0.29) is 30.5 Å². The van der Waals surface area contributed by atoms with E-state index >= 15 is 0 Å². The lowest BCUT2D eigenvalue weighted by Crippen LogP contribution is -2.40. The molecule has 7 heteroatoms. The molecule has 0 aliphatic heterocycles. The Labute approximate surface area is 83.9 Å². The number of guanidine groups is 2. The highest BCUT2D eigenvalue weighted by Crippen LogP contribution is 1.96. The molecule has 8 N–H and O–H groups in total. The molecule has 0 rings (SSSR count). The number of hydrogen-bond donors (Lipinski definition) is 5. The number of aliphatic imine (C=N–C) groups is 1. The predicted molar refractivity (Wildman–Crippen MR) is 56.8 cm³/mol. The normalized spacial score (nSPS) is 10.8. The lowest BCUT2D eigenvalue weighted by Gasteiger charge is -2.13. The Bertz CT molecular complexity index is 176. The molecule has 6 nitrogen and oxygen atoms in total. The topological polar surface area (TPSA) is 126 Å². The van der Waals surface area contributed by atoms with Gasteiger partial charge in [0.25, 0.3) is 0 Å². The Morgan fingerprint density at radius 2 is 2.00 bits per heavy atom. The third-order valence-corrected chi connectivity index (χ3v) is 1.19. The fraction of sp³-hybridized carbons (Fsp3) is 0.667. The Hall–Kier alpha value is -1.17. The van der Waals surface area contributed by atoms with Crippen molar-refractivity contribution >= 4 is 24.3 Å². The quantitative estimate of drug-likeness (QED) is 0.309. The van der Waals surface area contributed by atoms with Gasteiger partial charge in [0.15, 0.2) is 11.9 Å². The van der Waals surface area contributed by atoms with Gasteiger partial charge in [0.05, 0.1) is 0 Å². The van der Waals surface area contributed by atoms with Gasteiger partial charge in [-0.3, -0.25) is 5.41 Å². The molecular weight excluding hydrogens is 192 g/mol. The van der Waals surface area contributed by atoms with Crippen molar-refractivity contribution in [3.05, 3.63) is 0 Å². The van der Waals surface area contributed by atoms with Crippen LogP contribution in [0.2, 0.25) is 0 Å². The SMILES string of the molecule is CCCC(N=C(N)N)NC(=N)N.Cl. The van der Waals surface area contributed by atoms with Gasteiger partial charge in [0, 0.05) is 0 Å². The molecule has 0 aromatic rings. The zero-order valence-corrected chi connectivity index (χ0v) is 8.40. The molecule has 0 fully saturated rings. The van der Waals surface area contributed by atoms with E-state index in [2.05, 4.69) is 10.3 Å². The maximum Gasteiger partial charge on any atom is 0.188 e. The van der Waals surface area contributed by atoms with Gasteiger partial charge in [-0.2, -0.15) is 0 Å². The van der Waals surface area contributed by atoms with Crippen molar-refractivity contribution < 1.29 is 0 Å². The Kier molecular flexibility index (Phi) is 8.26. The fourth-order valence-electron chi connectivity index (χ4n) is 0.802. The van der Waals surface area contributed by atoms with Gasteiger partial charge in [-0.15, -0.1) is 12.4 Å². The summed E-state index contributed by atoms with van der Waals surface area (Å²) in [7, 11) is 0.